The van der Waals surface area contributed by atoms with E-state index in [4.69, 9.17) is 23.2 Å². The minimum absolute atomic E-state index is 0.133. The number of carbonyl (C=O) groups excluding carboxylic acids is 2. The lowest BCUT2D eigenvalue weighted by Crippen LogP contribution is -2.46. The Labute approximate surface area is 145 Å². The van der Waals surface area contributed by atoms with Crippen molar-refractivity contribution in [2.45, 2.75) is 31.8 Å². The van der Waals surface area contributed by atoms with Crippen molar-refractivity contribution in [3.63, 3.8) is 0 Å². The van der Waals surface area contributed by atoms with Gasteiger partial charge in [0.1, 0.15) is 5.54 Å². The van der Waals surface area contributed by atoms with Gasteiger partial charge < -0.3 is 5.32 Å². The zero-order valence-electron chi connectivity index (χ0n) is 13.1. The van der Waals surface area contributed by atoms with Crippen molar-refractivity contribution in [2.75, 3.05) is 13.7 Å². The molecular formula is C16H19Cl2N3O2. The zero-order valence-corrected chi connectivity index (χ0v) is 14.6. The fraction of sp³-hybridized carbons (Fsp3) is 0.500. The van der Waals surface area contributed by atoms with Crippen molar-refractivity contribution in [1.82, 2.24) is 15.1 Å². The number of imide groups is 1. The second-order valence-corrected chi connectivity index (χ2v) is 7.36. The number of nitrogens with one attached hydrogen (secondary N) is 1. The summed E-state index contributed by atoms with van der Waals surface area (Å²) in [6, 6.07) is 5.10. The number of hydrogen-bond acceptors (Lipinski definition) is 3. The molecule has 2 fully saturated rings. The number of carbonyl (C=O) groups is 2. The Morgan fingerprint density at radius 2 is 2.00 bits per heavy atom. The molecule has 1 saturated carbocycles. The normalized spacial score (nSPS) is 24.5. The number of rotatable bonds is 5. The van der Waals surface area contributed by atoms with E-state index >= 15 is 0 Å². The molecule has 1 aromatic rings. The topological polar surface area (TPSA) is 52.6 Å². The Morgan fingerprint density at radius 1 is 1.30 bits per heavy atom. The summed E-state index contributed by atoms with van der Waals surface area (Å²) in [6.07, 6.45) is 1.99. The summed E-state index contributed by atoms with van der Waals surface area (Å²) in [6.45, 7) is 2.63. The molecule has 0 unspecified atom stereocenters. The quantitative estimate of drug-likeness (QED) is 0.825. The molecular weight excluding hydrogens is 337 g/mol. The highest BCUT2D eigenvalue weighted by molar-refractivity contribution is 6.42. The molecule has 1 atom stereocenters. The smallest absolute Gasteiger partial charge is 0.323 e. The minimum atomic E-state index is -0.735. The lowest BCUT2D eigenvalue weighted by Gasteiger charge is -2.24. The van der Waals surface area contributed by atoms with Gasteiger partial charge in [0.05, 0.1) is 16.7 Å². The summed E-state index contributed by atoms with van der Waals surface area (Å²) in [5, 5.41) is 3.85. The van der Waals surface area contributed by atoms with E-state index in [0.717, 1.165) is 18.4 Å². The van der Waals surface area contributed by atoms with Gasteiger partial charge in [-0.15, -0.1) is 0 Å². The van der Waals surface area contributed by atoms with Crippen LogP contribution in [0.4, 0.5) is 4.79 Å². The van der Waals surface area contributed by atoms with Crippen molar-refractivity contribution in [3.05, 3.63) is 33.8 Å². The summed E-state index contributed by atoms with van der Waals surface area (Å²) < 4.78 is 0. The highest BCUT2D eigenvalue weighted by atomic mass is 35.5. The molecule has 1 aliphatic heterocycles. The van der Waals surface area contributed by atoms with E-state index in [-0.39, 0.29) is 24.5 Å². The summed E-state index contributed by atoms with van der Waals surface area (Å²) in [7, 11) is 1.86. The Bertz CT molecular complexity index is 663. The molecule has 1 aliphatic carbocycles. The van der Waals surface area contributed by atoms with Gasteiger partial charge >= 0.3 is 6.03 Å². The van der Waals surface area contributed by atoms with Crippen LogP contribution in [0.2, 0.25) is 10.0 Å². The molecule has 1 saturated heterocycles. The maximum atomic E-state index is 12.6. The number of amides is 3. The summed E-state index contributed by atoms with van der Waals surface area (Å²) >= 11 is 11.9. The average Bonchev–Trinajstić information content (AvgIpc) is 3.29. The molecule has 2 aliphatic rings. The molecule has 124 valence electrons. The fourth-order valence-electron chi connectivity index (χ4n) is 3.02. The van der Waals surface area contributed by atoms with Crippen LogP contribution in [0.25, 0.3) is 0 Å². The van der Waals surface area contributed by atoms with Crippen molar-refractivity contribution in [3.8, 4) is 0 Å². The molecule has 7 heteroatoms. The third kappa shape index (κ3) is 3.18. The molecule has 0 radical (unpaired) electrons. The minimum Gasteiger partial charge on any atom is -0.323 e. The largest absolute Gasteiger partial charge is 0.326 e. The molecule has 23 heavy (non-hydrogen) atoms. The van der Waals surface area contributed by atoms with Crippen molar-refractivity contribution < 1.29 is 9.59 Å². The molecule has 1 N–H and O–H groups in total. The molecule has 0 spiro atoms. The van der Waals surface area contributed by atoms with Gasteiger partial charge in [0, 0.05) is 6.54 Å². The van der Waals surface area contributed by atoms with Gasteiger partial charge in [0.25, 0.3) is 5.91 Å². The predicted molar refractivity (Wildman–Crippen MR) is 89.3 cm³/mol. The van der Waals surface area contributed by atoms with Crippen LogP contribution in [0.1, 0.15) is 25.3 Å². The van der Waals surface area contributed by atoms with Gasteiger partial charge in [-0.05, 0) is 50.4 Å². The SMILES string of the molecule is CN(Cc1ccc(Cl)c(Cl)c1)CN1C(=O)N[C@](C)(C2CC2)C1=O. The van der Waals surface area contributed by atoms with E-state index in [1.54, 1.807) is 12.1 Å². The van der Waals surface area contributed by atoms with Crippen LogP contribution >= 0.6 is 23.2 Å². The van der Waals surface area contributed by atoms with Gasteiger partial charge in [0.2, 0.25) is 0 Å². The van der Waals surface area contributed by atoms with Crippen molar-refractivity contribution >= 4 is 35.1 Å². The van der Waals surface area contributed by atoms with Gasteiger partial charge in [-0.1, -0.05) is 29.3 Å². The second-order valence-electron chi connectivity index (χ2n) is 6.54. The molecule has 1 aromatic carbocycles. The van der Waals surface area contributed by atoms with Crippen LogP contribution in [-0.4, -0.2) is 41.0 Å². The first-order chi connectivity index (χ1) is 10.8. The monoisotopic (exact) mass is 355 g/mol. The summed E-state index contributed by atoms with van der Waals surface area (Å²) in [5.41, 5.74) is 0.237. The third-order valence-electron chi connectivity index (χ3n) is 4.51. The number of nitrogens with zero attached hydrogens (tertiary/aromatic N) is 2. The second kappa shape index (κ2) is 5.96. The first-order valence-electron chi connectivity index (χ1n) is 7.58. The first-order valence-corrected chi connectivity index (χ1v) is 8.33. The summed E-state index contributed by atoms with van der Waals surface area (Å²) in [5.74, 6) is 0.135. The van der Waals surface area contributed by atoms with E-state index in [0.29, 0.717) is 16.6 Å². The summed E-state index contributed by atoms with van der Waals surface area (Å²) in [4.78, 5) is 27.9. The Kier molecular flexibility index (Phi) is 4.29. The van der Waals surface area contributed by atoms with Crippen molar-refractivity contribution in [2.24, 2.45) is 5.92 Å². The van der Waals surface area contributed by atoms with Crippen molar-refractivity contribution in [1.29, 1.82) is 0 Å². The van der Waals surface area contributed by atoms with Gasteiger partial charge in [-0.25, -0.2) is 9.69 Å². The van der Waals surface area contributed by atoms with E-state index in [2.05, 4.69) is 5.32 Å². The van der Waals surface area contributed by atoms with Crippen LogP contribution in [0.5, 0.6) is 0 Å². The van der Waals surface area contributed by atoms with E-state index in [1.807, 2.05) is 24.9 Å². The molecule has 0 aromatic heterocycles. The maximum Gasteiger partial charge on any atom is 0.326 e. The van der Waals surface area contributed by atoms with Crippen LogP contribution in [0.3, 0.4) is 0 Å². The van der Waals surface area contributed by atoms with Crippen LogP contribution in [-0.2, 0) is 11.3 Å². The maximum absolute atomic E-state index is 12.6. The number of benzene rings is 1. The molecule has 1 heterocycles. The van der Waals surface area contributed by atoms with E-state index < -0.39 is 5.54 Å². The standard InChI is InChI=1S/C16H19Cl2N3O2/c1-16(11-4-5-11)14(22)21(15(23)19-16)9-20(2)8-10-3-6-12(17)13(18)7-10/h3,6-7,11H,4-5,8-9H2,1-2H3,(H,19,23)/t16-/m1/s1. The zero-order chi connectivity index (χ0) is 16.8. The lowest BCUT2D eigenvalue weighted by molar-refractivity contribution is -0.132. The Balaban J connectivity index is 1.65. The Morgan fingerprint density at radius 3 is 2.61 bits per heavy atom. The van der Waals surface area contributed by atoms with Crippen LogP contribution in [0.15, 0.2) is 18.2 Å². The van der Waals surface area contributed by atoms with E-state index in [9.17, 15) is 9.59 Å². The number of urea groups is 1. The number of hydrogen-bond donors (Lipinski definition) is 1. The molecule has 3 rings (SSSR count). The Hall–Kier alpha value is -1.30. The molecule has 5 nitrogen and oxygen atoms in total. The van der Waals surface area contributed by atoms with Gasteiger partial charge in [-0.2, -0.15) is 0 Å². The first kappa shape index (κ1) is 16.6. The van der Waals surface area contributed by atoms with Gasteiger partial charge in [0.15, 0.2) is 0 Å². The molecule has 3 amide bonds. The third-order valence-corrected chi connectivity index (χ3v) is 5.25. The molecule has 0 bridgehead atoms. The lowest BCUT2D eigenvalue weighted by atomic mass is 9.96. The van der Waals surface area contributed by atoms with Gasteiger partial charge in [-0.3, -0.25) is 9.69 Å². The van der Waals surface area contributed by atoms with Crippen LogP contribution < -0.4 is 5.32 Å². The number of halogens is 2. The fourth-order valence-corrected chi connectivity index (χ4v) is 3.34. The highest BCUT2D eigenvalue weighted by Gasteiger charge is 2.56. The van der Waals surface area contributed by atoms with Crippen LogP contribution in [0, 0.1) is 5.92 Å². The predicted octanol–water partition coefficient (Wildman–Crippen LogP) is 3.10. The van der Waals surface area contributed by atoms with E-state index in [1.165, 1.54) is 4.90 Å². The average molecular weight is 356 g/mol. The highest BCUT2D eigenvalue weighted by Crippen LogP contribution is 2.42.